The predicted molar refractivity (Wildman–Crippen MR) is 80.1 cm³/mol. The van der Waals surface area contributed by atoms with E-state index in [1.807, 2.05) is 0 Å². The molecule has 0 aromatic carbocycles. The maximum atomic E-state index is 13.9. The standard InChI is InChI=1S/C15H23FN2S/c16-14-9-12(5-8-15(14)18-10-19)2-1-11-3-6-13(17)7-4-11/h1-2,11-15H,3-9,17H2. The Bertz CT molecular complexity index is 357. The van der Waals surface area contributed by atoms with E-state index in [9.17, 15) is 4.39 Å². The fraction of sp³-hybridized carbons (Fsp3) is 0.800. The van der Waals surface area contributed by atoms with Gasteiger partial charge < -0.3 is 5.73 Å². The number of aliphatic imine (C=N–C) groups is 1. The molecule has 106 valence electrons. The van der Waals surface area contributed by atoms with Gasteiger partial charge in [0.1, 0.15) is 6.17 Å². The number of allylic oxidation sites excluding steroid dienone is 2. The summed E-state index contributed by atoms with van der Waals surface area (Å²) < 4.78 is 13.9. The van der Waals surface area contributed by atoms with Crippen molar-refractivity contribution in [3.05, 3.63) is 12.2 Å². The van der Waals surface area contributed by atoms with E-state index in [2.05, 4.69) is 34.5 Å². The van der Waals surface area contributed by atoms with Gasteiger partial charge in [0.2, 0.25) is 0 Å². The van der Waals surface area contributed by atoms with Crippen LogP contribution in [0, 0.1) is 11.8 Å². The van der Waals surface area contributed by atoms with Crippen LogP contribution in [0.5, 0.6) is 0 Å². The summed E-state index contributed by atoms with van der Waals surface area (Å²) in [6.07, 6.45) is 10.6. The number of rotatable bonds is 3. The number of hydrogen-bond acceptors (Lipinski definition) is 3. The number of isothiocyanates is 1. The average molecular weight is 282 g/mol. The third-order valence-electron chi connectivity index (χ3n) is 4.47. The molecule has 2 rings (SSSR count). The molecule has 0 saturated heterocycles. The van der Waals surface area contributed by atoms with Crippen molar-refractivity contribution in [3.8, 4) is 0 Å². The Morgan fingerprint density at radius 1 is 1.05 bits per heavy atom. The second kappa shape index (κ2) is 7.28. The van der Waals surface area contributed by atoms with Gasteiger partial charge >= 0.3 is 0 Å². The quantitative estimate of drug-likeness (QED) is 0.487. The van der Waals surface area contributed by atoms with Gasteiger partial charge in [-0.1, -0.05) is 12.2 Å². The van der Waals surface area contributed by atoms with E-state index < -0.39 is 6.17 Å². The molecule has 3 unspecified atom stereocenters. The van der Waals surface area contributed by atoms with Gasteiger partial charge in [0.15, 0.2) is 0 Å². The summed E-state index contributed by atoms with van der Waals surface area (Å²) in [5, 5.41) is 2.31. The van der Waals surface area contributed by atoms with Crippen LogP contribution in [0.2, 0.25) is 0 Å². The molecule has 3 atom stereocenters. The van der Waals surface area contributed by atoms with Gasteiger partial charge in [-0.15, -0.1) is 0 Å². The van der Waals surface area contributed by atoms with Crippen molar-refractivity contribution in [1.29, 1.82) is 0 Å². The lowest BCUT2D eigenvalue weighted by Gasteiger charge is -2.28. The first kappa shape index (κ1) is 14.8. The Balaban J connectivity index is 1.79. The molecule has 19 heavy (non-hydrogen) atoms. The minimum atomic E-state index is -0.862. The molecule has 2 nitrogen and oxygen atoms in total. The van der Waals surface area contributed by atoms with Crippen molar-refractivity contribution in [2.75, 3.05) is 0 Å². The van der Waals surface area contributed by atoms with Crippen LogP contribution in [0.3, 0.4) is 0 Å². The summed E-state index contributed by atoms with van der Waals surface area (Å²) in [6.45, 7) is 0. The summed E-state index contributed by atoms with van der Waals surface area (Å²) in [5.74, 6) is 1.01. The second-order valence-electron chi connectivity index (χ2n) is 5.94. The van der Waals surface area contributed by atoms with Crippen LogP contribution in [0.15, 0.2) is 17.1 Å². The number of alkyl halides is 1. The van der Waals surface area contributed by atoms with Gasteiger partial charge in [-0.25, -0.2) is 9.38 Å². The van der Waals surface area contributed by atoms with Crippen LogP contribution in [0.25, 0.3) is 0 Å². The van der Waals surface area contributed by atoms with Crippen LogP contribution in [-0.2, 0) is 0 Å². The van der Waals surface area contributed by atoms with E-state index in [1.165, 1.54) is 12.8 Å². The molecule has 0 amide bonds. The van der Waals surface area contributed by atoms with Crippen molar-refractivity contribution >= 4 is 17.4 Å². The Kier molecular flexibility index (Phi) is 5.68. The molecule has 0 aliphatic heterocycles. The highest BCUT2D eigenvalue weighted by Gasteiger charge is 2.29. The highest BCUT2D eigenvalue weighted by Crippen LogP contribution is 2.31. The van der Waals surface area contributed by atoms with Crippen LogP contribution in [0.4, 0.5) is 4.39 Å². The Hall–Kier alpha value is -0.570. The molecule has 2 aliphatic carbocycles. The minimum absolute atomic E-state index is 0.255. The lowest BCUT2D eigenvalue weighted by molar-refractivity contribution is 0.192. The van der Waals surface area contributed by atoms with Crippen LogP contribution in [0.1, 0.15) is 44.9 Å². The number of nitrogens with zero attached hydrogens (tertiary/aromatic N) is 1. The third-order valence-corrected chi connectivity index (χ3v) is 4.57. The maximum Gasteiger partial charge on any atom is 0.124 e. The second-order valence-corrected chi connectivity index (χ2v) is 6.12. The van der Waals surface area contributed by atoms with Crippen molar-refractivity contribution in [2.24, 2.45) is 22.6 Å². The highest BCUT2D eigenvalue weighted by atomic mass is 32.1. The van der Waals surface area contributed by atoms with E-state index in [4.69, 9.17) is 5.73 Å². The monoisotopic (exact) mass is 282 g/mol. The molecule has 0 heterocycles. The Labute approximate surface area is 120 Å². The van der Waals surface area contributed by atoms with Crippen molar-refractivity contribution < 1.29 is 4.39 Å². The zero-order valence-corrected chi connectivity index (χ0v) is 12.1. The third kappa shape index (κ3) is 4.48. The van der Waals surface area contributed by atoms with E-state index in [1.54, 1.807) is 0 Å². The van der Waals surface area contributed by atoms with E-state index in [0.29, 0.717) is 24.3 Å². The number of halogens is 1. The van der Waals surface area contributed by atoms with Crippen LogP contribution < -0.4 is 5.73 Å². The van der Waals surface area contributed by atoms with Crippen LogP contribution >= 0.6 is 12.2 Å². The molecule has 2 N–H and O–H groups in total. The molecule has 2 fully saturated rings. The average Bonchev–Trinajstić information content (AvgIpc) is 2.41. The van der Waals surface area contributed by atoms with Gasteiger partial charge in [-0.05, 0) is 69.0 Å². The first-order chi connectivity index (χ1) is 9.19. The molecule has 2 aliphatic rings. The smallest absolute Gasteiger partial charge is 0.124 e. The van der Waals surface area contributed by atoms with Gasteiger partial charge in [0, 0.05) is 6.04 Å². The van der Waals surface area contributed by atoms with Gasteiger partial charge in [-0.2, -0.15) is 0 Å². The SMILES string of the molecule is NC1CCC(C=CC2CCC(N=C=S)C(F)C2)CC1. The topological polar surface area (TPSA) is 38.4 Å². The Morgan fingerprint density at radius 3 is 2.32 bits per heavy atom. The number of hydrogen-bond donors (Lipinski definition) is 1. The van der Waals surface area contributed by atoms with E-state index in [-0.39, 0.29) is 6.04 Å². The lowest BCUT2D eigenvalue weighted by atomic mass is 9.82. The first-order valence-electron chi connectivity index (χ1n) is 7.34. The fourth-order valence-corrected chi connectivity index (χ4v) is 3.30. The van der Waals surface area contributed by atoms with Crippen molar-refractivity contribution in [1.82, 2.24) is 0 Å². The van der Waals surface area contributed by atoms with Crippen molar-refractivity contribution in [3.63, 3.8) is 0 Å². The molecule has 0 radical (unpaired) electrons. The molecular formula is C15H23FN2S. The minimum Gasteiger partial charge on any atom is -0.328 e. The lowest BCUT2D eigenvalue weighted by Crippen LogP contribution is -2.29. The molecule has 0 bridgehead atoms. The van der Waals surface area contributed by atoms with Gasteiger partial charge in [0.25, 0.3) is 0 Å². The predicted octanol–water partition coefficient (Wildman–Crippen LogP) is 3.67. The molecular weight excluding hydrogens is 259 g/mol. The van der Waals surface area contributed by atoms with E-state index >= 15 is 0 Å². The molecule has 2 saturated carbocycles. The molecule has 0 aromatic rings. The summed E-state index contributed by atoms with van der Waals surface area (Å²) in [4.78, 5) is 3.91. The summed E-state index contributed by atoms with van der Waals surface area (Å²) in [7, 11) is 0. The highest BCUT2D eigenvalue weighted by molar-refractivity contribution is 7.78. The van der Waals surface area contributed by atoms with Gasteiger partial charge in [0.05, 0.1) is 11.2 Å². The first-order valence-corrected chi connectivity index (χ1v) is 7.75. The zero-order valence-electron chi connectivity index (χ0n) is 11.3. The van der Waals surface area contributed by atoms with Crippen molar-refractivity contribution in [2.45, 2.75) is 63.2 Å². The molecule has 0 aromatic heterocycles. The zero-order chi connectivity index (χ0) is 13.7. The summed E-state index contributed by atoms with van der Waals surface area (Å²) >= 11 is 4.55. The van der Waals surface area contributed by atoms with Gasteiger partial charge in [-0.3, -0.25) is 0 Å². The summed E-state index contributed by atoms with van der Waals surface area (Å²) in [5.41, 5.74) is 5.90. The molecule has 0 spiro atoms. The number of thiocarbonyl (C=S) groups is 1. The normalized spacial score (nSPS) is 40.0. The van der Waals surface area contributed by atoms with Crippen LogP contribution in [-0.4, -0.2) is 23.4 Å². The Morgan fingerprint density at radius 2 is 1.68 bits per heavy atom. The van der Waals surface area contributed by atoms with E-state index in [0.717, 1.165) is 25.7 Å². The largest absolute Gasteiger partial charge is 0.328 e. The fourth-order valence-electron chi connectivity index (χ4n) is 3.17. The number of nitrogens with two attached hydrogens (primary N) is 1. The summed E-state index contributed by atoms with van der Waals surface area (Å²) in [6, 6.07) is 0.137. The molecule has 4 heteroatoms. The maximum absolute atomic E-state index is 13.9.